The van der Waals surface area contributed by atoms with Crippen LogP contribution in [0.2, 0.25) is 0 Å². The number of hydrogen-bond donors (Lipinski definition) is 10. The van der Waals surface area contributed by atoms with Gasteiger partial charge in [0.05, 0.1) is 32.0 Å². The molecular weight excluding hydrogens is 354 g/mol. The Bertz CT molecular complexity index is 622. The maximum atomic E-state index is 10.2. The quantitative estimate of drug-likeness (QED) is 0.234. The van der Waals surface area contributed by atoms with Gasteiger partial charge in [-0.2, -0.15) is 0 Å². The number of rotatable bonds is 5. The first-order valence-electron chi connectivity index (χ1n) is 7.81. The van der Waals surface area contributed by atoms with Gasteiger partial charge < -0.3 is 46.0 Å². The molecule has 10 N–H and O–H groups in total. The van der Waals surface area contributed by atoms with Crippen LogP contribution in [0.3, 0.4) is 0 Å². The first-order chi connectivity index (χ1) is 12.2. The highest BCUT2D eigenvalue weighted by Crippen LogP contribution is 2.29. The highest BCUT2D eigenvalue weighted by Gasteiger charge is 2.51. The molecule has 2 rings (SSSR count). The first-order valence-corrected chi connectivity index (χ1v) is 7.81. The van der Waals surface area contributed by atoms with Gasteiger partial charge in [-0.15, -0.1) is 0 Å². The number of hydrogen-bond acceptors (Lipinski definition) is 10. The summed E-state index contributed by atoms with van der Waals surface area (Å²) in [5.74, 6) is 0. The zero-order valence-corrected chi connectivity index (χ0v) is 13.8. The molecule has 1 aromatic heterocycles. The monoisotopic (exact) mass is 379 g/mol. The predicted molar refractivity (Wildman–Crippen MR) is 87.2 cm³/mol. The third kappa shape index (κ3) is 5.69. The fraction of sp³-hybridized carbons (Fsp3) is 0.714. The molecule has 0 saturated heterocycles. The molecule has 1 aliphatic carbocycles. The van der Waals surface area contributed by atoms with Crippen molar-refractivity contribution in [2.24, 2.45) is 0 Å². The van der Waals surface area contributed by atoms with Gasteiger partial charge in [-0.3, -0.25) is 9.78 Å². The molecule has 5 atom stereocenters. The van der Waals surface area contributed by atoms with Crippen LogP contribution in [0.1, 0.15) is 6.42 Å². The molecule has 0 spiro atoms. The molecule has 0 aromatic carbocycles. The van der Waals surface area contributed by atoms with Crippen molar-refractivity contribution >= 4 is 0 Å². The van der Waals surface area contributed by atoms with Crippen LogP contribution >= 0.6 is 0 Å². The van der Waals surface area contributed by atoms with Gasteiger partial charge in [-0.05, 0) is 6.42 Å². The van der Waals surface area contributed by atoms with Crippen molar-refractivity contribution in [3.63, 3.8) is 0 Å². The van der Waals surface area contributed by atoms with Gasteiger partial charge in [-0.1, -0.05) is 0 Å². The van der Waals surface area contributed by atoms with Crippen LogP contribution in [0.5, 0.6) is 0 Å². The Kier molecular flexibility index (Phi) is 8.52. The summed E-state index contributed by atoms with van der Waals surface area (Å²) in [5.41, 5.74) is -2.79. The number of aromatic nitrogens is 2. The molecule has 0 radical (unpaired) electrons. The van der Waals surface area contributed by atoms with E-state index in [2.05, 4.69) is 10.3 Å². The molecule has 12 heteroatoms. The van der Waals surface area contributed by atoms with Gasteiger partial charge >= 0.3 is 5.69 Å². The van der Waals surface area contributed by atoms with E-state index in [0.29, 0.717) is 0 Å². The van der Waals surface area contributed by atoms with Gasteiger partial charge in [0, 0.05) is 18.3 Å². The smallest absolute Gasteiger partial charge is 0.325 e. The van der Waals surface area contributed by atoms with Crippen LogP contribution in [0.25, 0.3) is 0 Å². The first kappa shape index (κ1) is 22.4. The minimum absolute atomic E-state index is 0.223. The van der Waals surface area contributed by atoms with E-state index in [1.54, 1.807) is 0 Å². The molecule has 1 fully saturated rings. The van der Waals surface area contributed by atoms with Crippen LogP contribution in [-0.4, -0.2) is 102 Å². The topological polar surface area (TPSA) is 219 Å². The van der Waals surface area contributed by atoms with Gasteiger partial charge in [0.2, 0.25) is 0 Å². The second kappa shape index (κ2) is 9.89. The van der Waals surface area contributed by atoms with Crippen LogP contribution in [0.4, 0.5) is 0 Å². The average molecular weight is 379 g/mol. The number of nitrogens with one attached hydrogen (secondary N) is 3. The molecule has 26 heavy (non-hydrogen) atoms. The van der Waals surface area contributed by atoms with E-state index in [0.717, 1.165) is 0 Å². The summed E-state index contributed by atoms with van der Waals surface area (Å²) < 4.78 is 0. The molecule has 150 valence electrons. The highest BCUT2D eigenvalue weighted by atomic mass is 16.4. The Morgan fingerprint density at radius 3 is 2.19 bits per heavy atom. The lowest BCUT2D eigenvalue weighted by molar-refractivity contribution is -0.207. The number of aromatic amines is 2. The Balaban J connectivity index is 0.000000350. The minimum Gasteiger partial charge on any atom is -0.395 e. The van der Waals surface area contributed by atoms with Crippen molar-refractivity contribution in [1.29, 1.82) is 0 Å². The van der Waals surface area contributed by atoms with Crippen LogP contribution < -0.4 is 16.6 Å². The summed E-state index contributed by atoms with van der Waals surface area (Å²) in [6.45, 7) is -1.56. The molecule has 1 aromatic rings. The van der Waals surface area contributed by atoms with Crippen molar-refractivity contribution in [3.05, 3.63) is 33.1 Å². The lowest BCUT2D eigenvalue weighted by atomic mass is 9.76. The maximum Gasteiger partial charge on any atom is 0.325 e. The second-order valence-electron chi connectivity index (χ2n) is 6.02. The molecule has 1 aliphatic rings. The largest absolute Gasteiger partial charge is 0.395 e. The van der Waals surface area contributed by atoms with Crippen LogP contribution in [0.15, 0.2) is 21.9 Å². The standard InChI is InChI=1S/C10H21NO7.C4H4N2O2/c12-2-5(3-13)11-6-1-10(18,4-14)9(17)8(16)7(6)15;7-3-1-2-5-4(8)6-3/h5-9,11-18H,1-4H2;1-2H,(H2,5,6,7,8)/t6-,7-,8+,9-,10-;/m0./s1. The van der Waals surface area contributed by atoms with Crippen molar-refractivity contribution in [2.75, 3.05) is 19.8 Å². The van der Waals surface area contributed by atoms with E-state index >= 15 is 0 Å². The predicted octanol–water partition coefficient (Wildman–Crippen LogP) is -5.43. The highest BCUT2D eigenvalue weighted by molar-refractivity contribution is 5.05. The van der Waals surface area contributed by atoms with Crippen molar-refractivity contribution in [3.8, 4) is 0 Å². The molecule has 0 bridgehead atoms. The van der Waals surface area contributed by atoms with E-state index in [1.165, 1.54) is 12.3 Å². The summed E-state index contributed by atoms with van der Waals surface area (Å²) in [7, 11) is 0. The maximum absolute atomic E-state index is 10.2. The summed E-state index contributed by atoms with van der Waals surface area (Å²) >= 11 is 0. The molecule has 0 unspecified atom stereocenters. The normalized spacial score (nSPS) is 31.4. The summed E-state index contributed by atoms with van der Waals surface area (Å²) in [6, 6.07) is -0.360. The van der Waals surface area contributed by atoms with Gasteiger partial charge in [0.25, 0.3) is 5.56 Å². The SMILES string of the molecule is O=c1cc[nH]c(=O)[nH]1.OCC(CO)N[C@H]1C[C@](O)(CO)[C@@H](O)[C@H](O)[C@H]1O. The fourth-order valence-electron chi connectivity index (χ4n) is 2.53. The average Bonchev–Trinajstić information content (AvgIpc) is 2.62. The Morgan fingerprint density at radius 2 is 1.77 bits per heavy atom. The van der Waals surface area contributed by atoms with Crippen molar-refractivity contribution in [1.82, 2.24) is 15.3 Å². The van der Waals surface area contributed by atoms with E-state index < -0.39 is 61.5 Å². The Hall–Kier alpha value is -1.64. The Morgan fingerprint density at radius 1 is 1.15 bits per heavy atom. The molecule has 0 aliphatic heterocycles. The number of aliphatic hydroxyl groups is 7. The van der Waals surface area contributed by atoms with Crippen molar-refractivity contribution in [2.45, 2.75) is 42.4 Å². The van der Waals surface area contributed by atoms with Crippen molar-refractivity contribution < 1.29 is 35.7 Å². The van der Waals surface area contributed by atoms with Gasteiger partial charge in [0.15, 0.2) is 0 Å². The zero-order valence-electron chi connectivity index (χ0n) is 13.8. The van der Waals surface area contributed by atoms with E-state index in [4.69, 9.17) is 15.3 Å². The van der Waals surface area contributed by atoms with Crippen LogP contribution in [-0.2, 0) is 0 Å². The second-order valence-corrected chi connectivity index (χ2v) is 6.02. The third-order valence-corrected chi connectivity index (χ3v) is 4.06. The van der Waals surface area contributed by atoms with Gasteiger partial charge in [0.1, 0.15) is 17.8 Å². The van der Waals surface area contributed by atoms with E-state index in [-0.39, 0.29) is 12.0 Å². The molecule has 1 saturated carbocycles. The van der Waals surface area contributed by atoms with Crippen LogP contribution in [0, 0.1) is 0 Å². The minimum atomic E-state index is -1.94. The van der Waals surface area contributed by atoms with Gasteiger partial charge in [-0.25, -0.2) is 4.79 Å². The summed E-state index contributed by atoms with van der Waals surface area (Å²) in [5, 5.41) is 68.4. The summed E-state index contributed by atoms with van der Waals surface area (Å²) in [4.78, 5) is 24.7. The molecular formula is C14H25N3O9. The lowest BCUT2D eigenvalue weighted by Crippen LogP contribution is -2.68. The summed E-state index contributed by atoms with van der Waals surface area (Å²) in [6.07, 6.45) is -3.61. The van der Waals surface area contributed by atoms with E-state index in [1.807, 2.05) is 4.98 Å². The molecule has 0 amide bonds. The number of H-pyrrole nitrogens is 2. The lowest BCUT2D eigenvalue weighted by Gasteiger charge is -2.46. The molecule has 1 heterocycles. The van der Waals surface area contributed by atoms with E-state index in [9.17, 15) is 30.0 Å². The fourth-order valence-corrected chi connectivity index (χ4v) is 2.53. The Labute approximate surface area is 147 Å². The molecule has 12 nitrogen and oxygen atoms in total. The zero-order chi connectivity index (χ0) is 19.9. The number of aliphatic hydroxyl groups excluding tert-OH is 6. The third-order valence-electron chi connectivity index (χ3n) is 4.06.